The maximum Gasteiger partial charge on any atom is 0.301 e. The molecular formula is C27H27ClN2O5S. The van der Waals surface area contributed by atoms with Gasteiger partial charge >= 0.3 is 5.91 Å². The van der Waals surface area contributed by atoms with Crippen LogP contribution in [0.15, 0.2) is 59.6 Å². The number of carbonyl (C=O) groups excluding carboxylic acids is 2. The zero-order valence-corrected chi connectivity index (χ0v) is 21.6. The van der Waals surface area contributed by atoms with Crippen molar-refractivity contribution in [1.82, 2.24) is 4.98 Å². The summed E-state index contributed by atoms with van der Waals surface area (Å²) in [6.07, 6.45) is 4.64. The number of aliphatic hydroxyl groups is 1. The van der Waals surface area contributed by atoms with Crippen molar-refractivity contribution in [3.8, 4) is 11.5 Å². The van der Waals surface area contributed by atoms with E-state index in [2.05, 4.69) is 11.9 Å². The fraction of sp³-hybridized carbons (Fsp3) is 0.296. The van der Waals surface area contributed by atoms with Gasteiger partial charge in [0.05, 0.1) is 24.8 Å². The van der Waals surface area contributed by atoms with E-state index in [0.717, 1.165) is 19.3 Å². The van der Waals surface area contributed by atoms with Crippen LogP contribution in [0.3, 0.4) is 0 Å². The molecule has 1 N–H and O–H groups in total. The first-order valence-corrected chi connectivity index (χ1v) is 13.1. The van der Waals surface area contributed by atoms with Crippen LogP contribution in [0.2, 0.25) is 5.02 Å². The highest BCUT2D eigenvalue weighted by Crippen LogP contribution is 2.44. The van der Waals surface area contributed by atoms with Crippen molar-refractivity contribution in [2.75, 3.05) is 18.1 Å². The van der Waals surface area contributed by atoms with E-state index >= 15 is 0 Å². The van der Waals surface area contributed by atoms with Crippen LogP contribution >= 0.6 is 22.9 Å². The van der Waals surface area contributed by atoms with Gasteiger partial charge in [-0.2, -0.15) is 0 Å². The molecule has 1 atom stereocenters. The first kappa shape index (κ1) is 25.7. The molecule has 2 aromatic carbocycles. The molecular weight excluding hydrogens is 500 g/mol. The topological polar surface area (TPSA) is 89.0 Å². The van der Waals surface area contributed by atoms with E-state index in [1.54, 1.807) is 54.0 Å². The molecule has 1 amide bonds. The van der Waals surface area contributed by atoms with Crippen LogP contribution in [0.25, 0.3) is 5.76 Å². The Balaban J connectivity index is 1.82. The number of unbranched alkanes of at least 4 members (excludes halogenated alkanes) is 2. The Morgan fingerprint density at radius 3 is 2.53 bits per heavy atom. The Bertz CT molecular complexity index is 1260. The molecule has 0 spiro atoms. The molecule has 188 valence electrons. The number of rotatable bonds is 10. The van der Waals surface area contributed by atoms with Gasteiger partial charge in [0.2, 0.25) is 0 Å². The van der Waals surface area contributed by atoms with E-state index in [1.807, 2.05) is 6.92 Å². The maximum atomic E-state index is 13.2. The Hall–Kier alpha value is -3.36. The number of amides is 1. The number of hydrogen-bond acceptors (Lipinski definition) is 7. The van der Waals surface area contributed by atoms with Crippen LogP contribution in [0.5, 0.6) is 11.5 Å². The SMILES string of the molecule is CCCCCOc1ccc(C2/C(=C(\O)c3ccc(Cl)cc3)C(=O)C(=O)N2c2nccs2)cc1OCC. The lowest BCUT2D eigenvalue weighted by molar-refractivity contribution is -0.132. The number of aromatic nitrogens is 1. The van der Waals surface area contributed by atoms with Gasteiger partial charge in [-0.15, -0.1) is 11.3 Å². The highest BCUT2D eigenvalue weighted by Gasteiger charge is 2.48. The minimum atomic E-state index is -0.903. The number of Topliss-reactive ketones (excluding diaryl/α,β-unsaturated/α-hetero) is 1. The first-order chi connectivity index (χ1) is 17.5. The van der Waals surface area contributed by atoms with Crippen molar-refractivity contribution in [1.29, 1.82) is 0 Å². The monoisotopic (exact) mass is 526 g/mol. The molecule has 36 heavy (non-hydrogen) atoms. The molecule has 1 saturated heterocycles. The van der Waals surface area contributed by atoms with Crippen molar-refractivity contribution in [2.45, 2.75) is 39.2 Å². The summed E-state index contributed by atoms with van der Waals surface area (Å²) >= 11 is 7.23. The van der Waals surface area contributed by atoms with E-state index in [9.17, 15) is 14.7 Å². The Labute approximate surface area is 218 Å². The molecule has 0 radical (unpaired) electrons. The molecule has 2 heterocycles. The number of anilines is 1. The third-order valence-corrected chi connectivity index (χ3v) is 6.80. The second-order valence-electron chi connectivity index (χ2n) is 8.19. The largest absolute Gasteiger partial charge is 0.507 e. The average molecular weight is 527 g/mol. The molecule has 7 nitrogen and oxygen atoms in total. The molecule has 1 aliphatic rings. The average Bonchev–Trinajstić information content (AvgIpc) is 3.49. The lowest BCUT2D eigenvalue weighted by atomic mass is 9.95. The Morgan fingerprint density at radius 2 is 1.86 bits per heavy atom. The van der Waals surface area contributed by atoms with Gasteiger partial charge in [-0.1, -0.05) is 37.4 Å². The third-order valence-electron chi connectivity index (χ3n) is 5.78. The second kappa shape index (κ2) is 11.6. The summed E-state index contributed by atoms with van der Waals surface area (Å²) in [6.45, 7) is 4.96. The van der Waals surface area contributed by atoms with Crippen LogP contribution in [-0.2, 0) is 9.59 Å². The highest BCUT2D eigenvalue weighted by atomic mass is 35.5. The normalized spacial score (nSPS) is 17.0. The standard InChI is InChI=1S/C27H27ClN2O5S/c1-3-5-6-14-35-20-12-9-18(16-21(20)34-4-2)23-22(24(31)17-7-10-19(28)11-8-17)25(32)26(33)30(23)27-29-13-15-36-27/h7-13,15-16,23,31H,3-6,14H2,1-2H3/b24-22+. The summed E-state index contributed by atoms with van der Waals surface area (Å²) in [6, 6.07) is 10.8. The summed E-state index contributed by atoms with van der Waals surface area (Å²) in [5.74, 6) is -0.751. The quantitative estimate of drug-likeness (QED) is 0.142. The molecule has 1 aromatic heterocycles. The van der Waals surface area contributed by atoms with E-state index in [1.165, 1.54) is 16.2 Å². The van der Waals surface area contributed by atoms with Gasteiger partial charge < -0.3 is 14.6 Å². The van der Waals surface area contributed by atoms with Gasteiger partial charge in [-0.25, -0.2) is 4.98 Å². The van der Waals surface area contributed by atoms with Gasteiger partial charge in [0, 0.05) is 22.2 Å². The number of carbonyl (C=O) groups is 2. The van der Waals surface area contributed by atoms with E-state index in [0.29, 0.717) is 46.0 Å². The molecule has 1 unspecified atom stereocenters. The van der Waals surface area contributed by atoms with Crippen molar-refractivity contribution < 1.29 is 24.2 Å². The Morgan fingerprint density at radius 1 is 1.08 bits per heavy atom. The van der Waals surface area contributed by atoms with Gasteiger partial charge in [-0.3, -0.25) is 14.5 Å². The van der Waals surface area contributed by atoms with Crippen LogP contribution in [0.4, 0.5) is 5.13 Å². The van der Waals surface area contributed by atoms with Gasteiger partial charge in [0.15, 0.2) is 16.6 Å². The zero-order chi connectivity index (χ0) is 25.7. The second-order valence-corrected chi connectivity index (χ2v) is 9.49. The number of ketones is 1. The molecule has 9 heteroatoms. The van der Waals surface area contributed by atoms with Gasteiger partial charge in [-0.05, 0) is 55.3 Å². The summed E-state index contributed by atoms with van der Waals surface area (Å²) in [4.78, 5) is 32.0. The van der Waals surface area contributed by atoms with Crippen molar-refractivity contribution in [2.24, 2.45) is 0 Å². The van der Waals surface area contributed by atoms with Crippen molar-refractivity contribution in [3.05, 3.63) is 75.8 Å². The summed E-state index contributed by atoms with van der Waals surface area (Å²) in [5.41, 5.74) is 0.934. The number of ether oxygens (including phenoxy) is 2. The van der Waals surface area contributed by atoms with Gasteiger partial charge in [0.25, 0.3) is 5.78 Å². The lowest BCUT2D eigenvalue weighted by Gasteiger charge is -2.24. The zero-order valence-electron chi connectivity index (χ0n) is 20.1. The molecule has 0 aliphatic carbocycles. The fourth-order valence-electron chi connectivity index (χ4n) is 4.06. The molecule has 4 rings (SSSR count). The summed E-state index contributed by atoms with van der Waals surface area (Å²) in [7, 11) is 0. The number of hydrogen-bond donors (Lipinski definition) is 1. The smallest absolute Gasteiger partial charge is 0.301 e. The van der Waals surface area contributed by atoms with Crippen molar-refractivity contribution in [3.63, 3.8) is 0 Å². The molecule has 1 fully saturated rings. The number of halogens is 1. The predicted molar refractivity (Wildman–Crippen MR) is 141 cm³/mol. The van der Waals surface area contributed by atoms with Crippen LogP contribution < -0.4 is 14.4 Å². The third kappa shape index (κ3) is 5.24. The first-order valence-electron chi connectivity index (χ1n) is 11.8. The van der Waals surface area contributed by atoms with Crippen LogP contribution in [0, 0.1) is 0 Å². The van der Waals surface area contributed by atoms with E-state index in [4.69, 9.17) is 21.1 Å². The minimum absolute atomic E-state index is 0.0309. The molecule has 3 aromatic rings. The molecule has 1 aliphatic heterocycles. The van der Waals surface area contributed by atoms with Crippen molar-refractivity contribution >= 4 is 45.5 Å². The number of nitrogens with zero attached hydrogens (tertiary/aromatic N) is 2. The highest BCUT2D eigenvalue weighted by molar-refractivity contribution is 7.14. The van der Waals surface area contributed by atoms with Crippen LogP contribution in [0.1, 0.15) is 50.3 Å². The van der Waals surface area contributed by atoms with E-state index < -0.39 is 17.7 Å². The van der Waals surface area contributed by atoms with Crippen LogP contribution in [-0.4, -0.2) is 35.0 Å². The molecule has 0 saturated carbocycles. The maximum absolute atomic E-state index is 13.2. The summed E-state index contributed by atoms with van der Waals surface area (Å²) < 4.78 is 11.8. The molecule has 0 bridgehead atoms. The number of aliphatic hydroxyl groups excluding tert-OH is 1. The lowest BCUT2D eigenvalue weighted by Crippen LogP contribution is -2.29. The summed E-state index contributed by atoms with van der Waals surface area (Å²) in [5, 5.41) is 13.8. The number of benzene rings is 2. The number of thiazole rings is 1. The van der Waals surface area contributed by atoms with E-state index in [-0.39, 0.29) is 11.3 Å². The predicted octanol–water partition coefficient (Wildman–Crippen LogP) is 6.39. The minimum Gasteiger partial charge on any atom is -0.507 e. The Kier molecular flexibility index (Phi) is 8.28. The fourth-order valence-corrected chi connectivity index (χ4v) is 4.85. The van der Waals surface area contributed by atoms with Gasteiger partial charge in [0.1, 0.15) is 5.76 Å².